The monoisotopic (exact) mass is 426 g/mol. The van der Waals surface area contributed by atoms with Crippen LogP contribution in [0.4, 0.5) is 10.1 Å². The van der Waals surface area contributed by atoms with Crippen molar-refractivity contribution in [1.29, 1.82) is 0 Å². The molecule has 0 fully saturated rings. The summed E-state index contributed by atoms with van der Waals surface area (Å²) in [5.74, 6) is 2.28. The molecule has 3 rings (SSSR count). The summed E-state index contributed by atoms with van der Waals surface area (Å²) in [4.78, 5) is 6.12. The minimum absolute atomic E-state index is 0.264. The first-order chi connectivity index (χ1) is 15.1. The van der Waals surface area contributed by atoms with Crippen LogP contribution in [0.25, 0.3) is 0 Å². The number of aliphatic hydroxyl groups excluding tert-OH is 1. The summed E-state index contributed by atoms with van der Waals surface area (Å²) in [6, 6.07) is 18.4. The van der Waals surface area contributed by atoms with Gasteiger partial charge in [-0.05, 0) is 49.4 Å². The van der Waals surface area contributed by atoms with Gasteiger partial charge >= 0.3 is 0 Å². The Bertz CT molecular complexity index is 953. The fourth-order valence-corrected chi connectivity index (χ4v) is 3.07. The fourth-order valence-electron chi connectivity index (χ4n) is 3.07. The molecule has 0 saturated carbocycles. The van der Waals surface area contributed by atoms with Gasteiger partial charge < -0.3 is 24.2 Å². The molecule has 1 aromatic heterocycles. The predicted molar refractivity (Wildman–Crippen MR) is 118 cm³/mol. The number of pyridine rings is 1. The second-order valence-corrected chi connectivity index (χ2v) is 6.87. The van der Waals surface area contributed by atoms with Crippen LogP contribution < -0.4 is 19.1 Å². The first kappa shape index (κ1) is 22.4. The van der Waals surface area contributed by atoms with Crippen molar-refractivity contribution < 1.29 is 23.7 Å². The standard InChI is InChI=1S/C24H27FN2O4/c1-18(28)27(17-19-16-21(29-2)11-12-23(19)30-15-7-13-25)22-10-6-14-26-24(22)31-20-8-4-3-5-9-20/h3-6,8-12,14,16,18,28H,7,13,15,17H2,1-2H3. The Balaban J connectivity index is 1.92. The molecule has 164 valence electrons. The second-order valence-electron chi connectivity index (χ2n) is 6.87. The smallest absolute Gasteiger partial charge is 0.243 e. The predicted octanol–water partition coefficient (Wildman–Crippen LogP) is 4.97. The molecule has 0 amide bonds. The minimum Gasteiger partial charge on any atom is -0.497 e. The summed E-state index contributed by atoms with van der Waals surface area (Å²) in [6.45, 7) is 1.79. The van der Waals surface area contributed by atoms with Crippen LogP contribution >= 0.6 is 0 Å². The molecule has 0 aliphatic carbocycles. The van der Waals surface area contributed by atoms with Crippen molar-refractivity contribution in [2.75, 3.05) is 25.3 Å². The molecule has 2 aromatic carbocycles. The number of hydrogen-bond acceptors (Lipinski definition) is 6. The van der Waals surface area contributed by atoms with E-state index >= 15 is 0 Å². The van der Waals surface area contributed by atoms with Crippen LogP contribution in [0.1, 0.15) is 18.9 Å². The van der Waals surface area contributed by atoms with E-state index in [0.29, 0.717) is 41.8 Å². The highest BCUT2D eigenvalue weighted by atomic mass is 19.1. The number of ether oxygens (including phenoxy) is 3. The van der Waals surface area contributed by atoms with E-state index in [2.05, 4.69) is 4.98 Å². The average Bonchev–Trinajstić information content (AvgIpc) is 2.79. The summed E-state index contributed by atoms with van der Waals surface area (Å²) >= 11 is 0. The first-order valence-corrected chi connectivity index (χ1v) is 10.1. The molecule has 0 aliphatic heterocycles. The number of halogens is 1. The Kier molecular flexibility index (Phi) is 8.06. The van der Waals surface area contributed by atoms with Crippen molar-refractivity contribution in [1.82, 2.24) is 4.98 Å². The Hall–Kier alpha value is -3.32. The van der Waals surface area contributed by atoms with E-state index < -0.39 is 12.9 Å². The lowest BCUT2D eigenvalue weighted by atomic mass is 10.1. The summed E-state index contributed by atoms with van der Waals surface area (Å²) in [5, 5.41) is 10.6. The average molecular weight is 426 g/mol. The van der Waals surface area contributed by atoms with E-state index in [1.807, 2.05) is 42.5 Å². The van der Waals surface area contributed by atoms with Crippen molar-refractivity contribution in [3.8, 4) is 23.1 Å². The van der Waals surface area contributed by atoms with Gasteiger partial charge in [0.25, 0.3) is 0 Å². The number of nitrogens with zero attached hydrogens (tertiary/aromatic N) is 2. The summed E-state index contributed by atoms with van der Waals surface area (Å²) in [7, 11) is 1.59. The van der Waals surface area contributed by atoms with Gasteiger partial charge in [0.2, 0.25) is 5.88 Å². The van der Waals surface area contributed by atoms with Gasteiger partial charge in [-0.2, -0.15) is 0 Å². The molecule has 3 aromatic rings. The Morgan fingerprint density at radius 1 is 1.06 bits per heavy atom. The van der Waals surface area contributed by atoms with Gasteiger partial charge in [0.1, 0.15) is 29.2 Å². The molecule has 1 N–H and O–H groups in total. The lowest BCUT2D eigenvalue weighted by Crippen LogP contribution is -2.32. The zero-order valence-electron chi connectivity index (χ0n) is 17.7. The maximum absolute atomic E-state index is 12.5. The molecule has 0 aliphatic rings. The molecule has 6 nitrogen and oxygen atoms in total. The van der Waals surface area contributed by atoms with Gasteiger partial charge in [0.05, 0.1) is 20.4 Å². The largest absolute Gasteiger partial charge is 0.497 e. The molecule has 1 unspecified atom stereocenters. The van der Waals surface area contributed by atoms with Crippen LogP contribution in [-0.4, -0.2) is 36.7 Å². The molecular weight excluding hydrogens is 399 g/mol. The number of benzene rings is 2. The highest BCUT2D eigenvalue weighted by Crippen LogP contribution is 2.34. The van der Waals surface area contributed by atoms with Crippen LogP contribution in [0.3, 0.4) is 0 Å². The van der Waals surface area contributed by atoms with Crippen LogP contribution in [0.5, 0.6) is 23.1 Å². The SMILES string of the molecule is COc1ccc(OCCCF)c(CN(c2cccnc2Oc2ccccc2)C(C)O)c1. The molecule has 0 radical (unpaired) electrons. The van der Waals surface area contributed by atoms with E-state index in [4.69, 9.17) is 14.2 Å². The van der Waals surface area contributed by atoms with Gasteiger partial charge in [0, 0.05) is 24.7 Å². The number of rotatable bonds is 11. The number of alkyl halides is 1. The van der Waals surface area contributed by atoms with E-state index in [1.54, 1.807) is 43.3 Å². The second kappa shape index (κ2) is 11.2. The van der Waals surface area contributed by atoms with Crippen LogP contribution in [0, 0.1) is 0 Å². The normalized spacial score (nSPS) is 11.6. The van der Waals surface area contributed by atoms with Crippen LogP contribution in [-0.2, 0) is 6.54 Å². The lowest BCUT2D eigenvalue weighted by Gasteiger charge is -2.29. The Morgan fingerprint density at radius 3 is 2.58 bits per heavy atom. The van der Waals surface area contributed by atoms with Crippen molar-refractivity contribution >= 4 is 5.69 Å². The topological polar surface area (TPSA) is 64.1 Å². The maximum Gasteiger partial charge on any atom is 0.243 e. The van der Waals surface area contributed by atoms with Gasteiger partial charge in [-0.3, -0.25) is 4.39 Å². The third-order valence-corrected chi connectivity index (χ3v) is 4.61. The zero-order valence-corrected chi connectivity index (χ0v) is 17.7. The van der Waals surface area contributed by atoms with E-state index in [1.165, 1.54) is 0 Å². The minimum atomic E-state index is -0.841. The maximum atomic E-state index is 12.5. The van der Waals surface area contributed by atoms with Gasteiger partial charge in [-0.15, -0.1) is 0 Å². The summed E-state index contributed by atoms with van der Waals surface area (Å²) in [5.41, 5.74) is 1.41. The zero-order chi connectivity index (χ0) is 22.1. The molecule has 0 spiro atoms. The molecule has 0 saturated heterocycles. The van der Waals surface area contributed by atoms with Gasteiger partial charge in [-0.25, -0.2) is 4.98 Å². The highest BCUT2D eigenvalue weighted by Gasteiger charge is 2.20. The quantitative estimate of drug-likeness (QED) is 0.345. The molecule has 1 heterocycles. The number of aliphatic hydroxyl groups is 1. The van der Waals surface area contributed by atoms with E-state index in [0.717, 1.165) is 5.56 Å². The molecule has 0 bridgehead atoms. The van der Waals surface area contributed by atoms with Gasteiger partial charge in [-0.1, -0.05) is 18.2 Å². The van der Waals surface area contributed by atoms with Crippen LogP contribution in [0.15, 0.2) is 66.9 Å². The molecule has 7 heteroatoms. The van der Waals surface area contributed by atoms with E-state index in [9.17, 15) is 9.50 Å². The number of hydrogen-bond donors (Lipinski definition) is 1. The molecule has 1 atom stereocenters. The van der Waals surface area contributed by atoms with Gasteiger partial charge in [0.15, 0.2) is 0 Å². The van der Waals surface area contributed by atoms with Crippen molar-refractivity contribution in [2.24, 2.45) is 0 Å². The summed E-state index contributed by atoms with van der Waals surface area (Å²) < 4.78 is 29.6. The third-order valence-electron chi connectivity index (χ3n) is 4.61. The molecular formula is C24H27FN2O4. The third kappa shape index (κ3) is 6.08. The van der Waals surface area contributed by atoms with E-state index in [-0.39, 0.29) is 6.61 Å². The first-order valence-electron chi connectivity index (χ1n) is 10.1. The summed E-state index contributed by atoms with van der Waals surface area (Å²) in [6.07, 6.45) is 1.11. The number of methoxy groups -OCH3 is 1. The van der Waals surface area contributed by atoms with Crippen molar-refractivity contribution in [3.05, 3.63) is 72.4 Å². The number of aromatic nitrogens is 1. The highest BCUT2D eigenvalue weighted by molar-refractivity contribution is 5.57. The Labute approximate surface area is 181 Å². The number of anilines is 1. The number of para-hydroxylation sites is 1. The van der Waals surface area contributed by atoms with Crippen LogP contribution in [0.2, 0.25) is 0 Å². The lowest BCUT2D eigenvalue weighted by molar-refractivity contribution is 0.185. The van der Waals surface area contributed by atoms with Crippen molar-refractivity contribution in [2.45, 2.75) is 26.1 Å². The molecule has 31 heavy (non-hydrogen) atoms. The van der Waals surface area contributed by atoms with Crippen molar-refractivity contribution in [3.63, 3.8) is 0 Å². The Morgan fingerprint density at radius 2 is 1.87 bits per heavy atom. The fraction of sp³-hybridized carbons (Fsp3) is 0.292.